The first-order valence-electron chi connectivity index (χ1n) is 6.04. The van der Waals surface area contributed by atoms with Gasteiger partial charge in [0.15, 0.2) is 0 Å². The number of carbonyl (C=O) groups excluding carboxylic acids is 2. The van der Waals surface area contributed by atoms with E-state index in [1.54, 1.807) is 0 Å². The molecule has 0 saturated carbocycles. The molecule has 0 aliphatic carbocycles. The number of hydrogen-bond acceptors (Lipinski definition) is 4. The number of morpholine rings is 1. The van der Waals surface area contributed by atoms with Crippen LogP contribution in [0.5, 0.6) is 0 Å². The second-order valence-corrected chi connectivity index (χ2v) is 4.62. The minimum absolute atomic E-state index is 0.0208. The Hall–Kier alpha value is -1.14. The van der Waals surface area contributed by atoms with Gasteiger partial charge in [0.2, 0.25) is 11.8 Å². The van der Waals surface area contributed by atoms with Crippen molar-refractivity contribution in [3.05, 3.63) is 0 Å². The fraction of sp³-hybridized carbons (Fsp3) is 0.818. The summed E-state index contributed by atoms with van der Waals surface area (Å²) in [4.78, 5) is 26.8. The molecule has 1 atom stereocenters. The largest absolute Gasteiger partial charge is 0.378 e. The highest BCUT2D eigenvalue weighted by molar-refractivity contribution is 5.80. The maximum atomic E-state index is 12.2. The van der Waals surface area contributed by atoms with Gasteiger partial charge < -0.3 is 15.4 Å². The van der Waals surface area contributed by atoms with Crippen molar-refractivity contribution in [1.29, 1.82) is 0 Å². The number of nitrogens with two attached hydrogens (primary N) is 1. The van der Waals surface area contributed by atoms with E-state index in [0.717, 1.165) is 13.0 Å². The van der Waals surface area contributed by atoms with Crippen LogP contribution in [0.1, 0.15) is 6.42 Å². The summed E-state index contributed by atoms with van der Waals surface area (Å²) in [5.41, 5.74) is 5.14. The van der Waals surface area contributed by atoms with E-state index in [-0.39, 0.29) is 24.3 Å². The Kier molecular flexibility index (Phi) is 3.96. The molecule has 0 spiro atoms. The van der Waals surface area contributed by atoms with E-state index in [4.69, 9.17) is 10.5 Å². The molecule has 96 valence electrons. The van der Waals surface area contributed by atoms with E-state index in [0.29, 0.717) is 32.8 Å². The van der Waals surface area contributed by atoms with Crippen LogP contribution in [0.25, 0.3) is 0 Å². The normalized spacial score (nSPS) is 26.1. The molecule has 0 aromatic heterocycles. The summed E-state index contributed by atoms with van der Waals surface area (Å²) < 4.78 is 5.22. The molecule has 2 amide bonds. The topological polar surface area (TPSA) is 75.9 Å². The number of ether oxygens (including phenoxy) is 1. The van der Waals surface area contributed by atoms with E-state index < -0.39 is 0 Å². The molecule has 0 bridgehead atoms. The summed E-state index contributed by atoms with van der Waals surface area (Å²) in [5, 5.41) is 0. The highest BCUT2D eigenvalue weighted by Crippen LogP contribution is 2.18. The van der Waals surface area contributed by atoms with Crippen molar-refractivity contribution in [1.82, 2.24) is 9.80 Å². The third-order valence-electron chi connectivity index (χ3n) is 3.32. The zero-order valence-electron chi connectivity index (χ0n) is 9.93. The molecule has 0 radical (unpaired) electrons. The molecular formula is C11H19N3O3. The number of primary amides is 1. The third-order valence-corrected chi connectivity index (χ3v) is 3.32. The predicted molar refractivity (Wildman–Crippen MR) is 61.1 cm³/mol. The lowest BCUT2D eigenvalue weighted by atomic mass is 10.1. The van der Waals surface area contributed by atoms with Crippen molar-refractivity contribution in [3.63, 3.8) is 0 Å². The molecule has 2 aliphatic heterocycles. The Morgan fingerprint density at radius 3 is 2.59 bits per heavy atom. The maximum absolute atomic E-state index is 12.2. The molecule has 2 N–H and O–H groups in total. The van der Waals surface area contributed by atoms with Gasteiger partial charge in [-0.05, 0) is 13.0 Å². The van der Waals surface area contributed by atoms with Crippen LogP contribution < -0.4 is 5.73 Å². The molecule has 2 rings (SSSR count). The Balaban J connectivity index is 1.82. The highest BCUT2D eigenvalue weighted by Gasteiger charge is 2.32. The van der Waals surface area contributed by atoms with Crippen molar-refractivity contribution in [3.8, 4) is 0 Å². The van der Waals surface area contributed by atoms with Crippen LogP contribution in [-0.4, -0.2) is 67.6 Å². The number of rotatable bonds is 3. The smallest absolute Gasteiger partial charge is 0.231 e. The van der Waals surface area contributed by atoms with Gasteiger partial charge in [-0.3, -0.25) is 14.5 Å². The molecule has 1 unspecified atom stereocenters. The second kappa shape index (κ2) is 5.46. The second-order valence-electron chi connectivity index (χ2n) is 4.62. The summed E-state index contributed by atoms with van der Waals surface area (Å²) in [6, 6.07) is 0. The average molecular weight is 241 g/mol. The minimum Gasteiger partial charge on any atom is -0.378 e. The van der Waals surface area contributed by atoms with Crippen molar-refractivity contribution in [2.24, 2.45) is 11.7 Å². The lowest BCUT2D eigenvalue weighted by Crippen LogP contribution is -2.44. The first-order chi connectivity index (χ1) is 8.16. The summed E-state index contributed by atoms with van der Waals surface area (Å²) in [6.45, 7) is 4.32. The molecule has 6 nitrogen and oxygen atoms in total. The summed E-state index contributed by atoms with van der Waals surface area (Å²) in [7, 11) is 0. The maximum Gasteiger partial charge on any atom is 0.231 e. The van der Waals surface area contributed by atoms with E-state index in [9.17, 15) is 9.59 Å². The van der Waals surface area contributed by atoms with Gasteiger partial charge in [-0.25, -0.2) is 0 Å². The van der Waals surface area contributed by atoms with Crippen molar-refractivity contribution >= 4 is 11.8 Å². The number of nitrogens with zero attached hydrogens (tertiary/aromatic N) is 2. The van der Waals surface area contributed by atoms with Crippen LogP contribution in [0.4, 0.5) is 0 Å². The first kappa shape index (κ1) is 12.3. The molecule has 17 heavy (non-hydrogen) atoms. The van der Waals surface area contributed by atoms with Gasteiger partial charge >= 0.3 is 0 Å². The number of carbonyl (C=O) groups is 2. The van der Waals surface area contributed by atoms with Crippen molar-refractivity contribution in [2.75, 3.05) is 45.9 Å². The van der Waals surface area contributed by atoms with Gasteiger partial charge in [0.05, 0.1) is 25.7 Å². The summed E-state index contributed by atoms with van der Waals surface area (Å²) in [6.07, 6.45) is 0.823. The molecular weight excluding hydrogens is 222 g/mol. The first-order valence-corrected chi connectivity index (χ1v) is 6.04. The van der Waals surface area contributed by atoms with Crippen molar-refractivity contribution in [2.45, 2.75) is 6.42 Å². The summed E-state index contributed by atoms with van der Waals surface area (Å²) >= 11 is 0. The lowest BCUT2D eigenvalue weighted by Gasteiger charge is -2.29. The van der Waals surface area contributed by atoms with Gasteiger partial charge in [-0.15, -0.1) is 0 Å². The third kappa shape index (κ3) is 3.17. The molecule has 6 heteroatoms. The van der Waals surface area contributed by atoms with E-state index in [1.165, 1.54) is 0 Å². The highest BCUT2D eigenvalue weighted by atomic mass is 16.5. The van der Waals surface area contributed by atoms with Crippen LogP contribution in [-0.2, 0) is 14.3 Å². The van der Waals surface area contributed by atoms with Crippen LogP contribution >= 0.6 is 0 Å². The Morgan fingerprint density at radius 1 is 1.24 bits per heavy atom. The standard InChI is InChI=1S/C11H19N3O3/c12-10(15)8-13-2-1-9(7-13)11(16)14-3-5-17-6-4-14/h9H,1-8H2,(H2,12,15). The zero-order valence-corrected chi connectivity index (χ0v) is 9.93. The number of likely N-dealkylation sites (tertiary alicyclic amines) is 1. The molecule has 2 saturated heterocycles. The van der Waals surface area contributed by atoms with Crippen LogP contribution in [0.15, 0.2) is 0 Å². The van der Waals surface area contributed by atoms with Crippen LogP contribution in [0, 0.1) is 5.92 Å². The number of amides is 2. The van der Waals surface area contributed by atoms with E-state index >= 15 is 0 Å². The van der Waals surface area contributed by atoms with E-state index in [2.05, 4.69) is 0 Å². The molecule has 2 aliphatic rings. The monoisotopic (exact) mass is 241 g/mol. The predicted octanol–water partition coefficient (Wildman–Crippen LogP) is -1.35. The van der Waals surface area contributed by atoms with Crippen LogP contribution in [0.2, 0.25) is 0 Å². The Bertz CT molecular complexity index is 302. The van der Waals surface area contributed by atoms with Gasteiger partial charge in [0, 0.05) is 19.6 Å². The number of hydrogen-bond donors (Lipinski definition) is 1. The van der Waals surface area contributed by atoms with Gasteiger partial charge in [-0.1, -0.05) is 0 Å². The molecule has 2 heterocycles. The SMILES string of the molecule is NC(=O)CN1CCC(C(=O)N2CCOCC2)C1. The fourth-order valence-electron chi connectivity index (χ4n) is 2.44. The van der Waals surface area contributed by atoms with Crippen molar-refractivity contribution < 1.29 is 14.3 Å². The summed E-state index contributed by atoms with van der Waals surface area (Å²) in [5.74, 6) is -0.114. The molecule has 2 fully saturated rings. The minimum atomic E-state index is -0.329. The van der Waals surface area contributed by atoms with Gasteiger partial charge in [0.25, 0.3) is 0 Å². The quantitative estimate of drug-likeness (QED) is 0.663. The Labute approximate surface area is 101 Å². The fourth-order valence-corrected chi connectivity index (χ4v) is 2.44. The van der Waals surface area contributed by atoms with Crippen LogP contribution in [0.3, 0.4) is 0 Å². The average Bonchev–Trinajstić information content (AvgIpc) is 2.77. The zero-order chi connectivity index (χ0) is 12.3. The molecule has 0 aromatic carbocycles. The van der Waals surface area contributed by atoms with Gasteiger partial charge in [0.1, 0.15) is 0 Å². The molecule has 0 aromatic rings. The van der Waals surface area contributed by atoms with Gasteiger partial charge in [-0.2, -0.15) is 0 Å². The van der Waals surface area contributed by atoms with E-state index in [1.807, 2.05) is 9.80 Å². The lowest BCUT2D eigenvalue weighted by molar-refractivity contribution is -0.139. The Morgan fingerprint density at radius 2 is 1.94 bits per heavy atom.